The van der Waals surface area contributed by atoms with Crippen molar-refractivity contribution in [1.82, 2.24) is 14.5 Å². The maximum absolute atomic E-state index is 5.77. The summed E-state index contributed by atoms with van der Waals surface area (Å²) in [6.07, 6.45) is 5.89. The third-order valence-corrected chi connectivity index (χ3v) is 5.18. The van der Waals surface area contributed by atoms with Crippen LogP contribution >= 0.6 is 0 Å². The lowest BCUT2D eigenvalue weighted by Gasteiger charge is -2.27. The second-order valence-electron chi connectivity index (χ2n) is 6.96. The maximum atomic E-state index is 5.77. The van der Waals surface area contributed by atoms with Crippen molar-refractivity contribution in [2.75, 3.05) is 39.4 Å². The monoisotopic (exact) mass is 344 g/mol. The zero-order valence-corrected chi connectivity index (χ0v) is 14.9. The molecule has 0 atom stereocenters. The molecule has 0 saturated carbocycles. The van der Waals surface area contributed by atoms with Gasteiger partial charge in [0.15, 0.2) is 11.5 Å². The molecule has 3 heterocycles. The lowest BCUT2D eigenvalue weighted by atomic mass is 10.1. The van der Waals surface area contributed by atoms with E-state index in [1.807, 2.05) is 6.07 Å². The van der Waals surface area contributed by atoms with Crippen molar-refractivity contribution in [3.8, 4) is 11.5 Å². The van der Waals surface area contributed by atoms with Gasteiger partial charge in [-0.2, -0.15) is 0 Å². The number of imidazole rings is 1. The molecule has 25 heavy (non-hydrogen) atoms. The highest BCUT2D eigenvalue weighted by atomic mass is 16.6. The number of aromatic nitrogens is 2. The van der Waals surface area contributed by atoms with Gasteiger partial charge in [-0.1, -0.05) is 6.42 Å². The Morgan fingerprint density at radius 2 is 1.76 bits per heavy atom. The Morgan fingerprint density at radius 1 is 1.00 bits per heavy atom. The van der Waals surface area contributed by atoms with Crippen LogP contribution in [0.25, 0.3) is 11.0 Å². The maximum Gasteiger partial charge on any atom is 0.163 e. The number of hydrogen-bond donors (Lipinski definition) is 1. The minimum atomic E-state index is 0.605. The highest BCUT2D eigenvalue weighted by Gasteiger charge is 2.19. The van der Waals surface area contributed by atoms with Gasteiger partial charge in [-0.3, -0.25) is 0 Å². The lowest BCUT2D eigenvalue weighted by Crippen LogP contribution is -2.32. The van der Waals surface area contributed by atoms with Crippen molar-refractivity contribution < 1.29 is 9.47 Å². The topological polar surface area (TPSA) is 65.5 Å². The average Bonchev–Trinajstić information content (AvgIpc) is 3.00. The fraction of sp³-hybridized carbons (Fsp3) is 0.632. The van der Waals surface area contributed by atoms with Crippen molar-refractivity contribution in [2.45, 2.75) is 38.6 Å². The number of likely N-dealkylation sites (tertiary alicyclic amines) is 1. The van der Waals surface area contributed by atoms with Crippen LogP contribution in [-0.2, 0) is 13.0 Å². The number of aryl methyl sites for hydroxylation is 1. The quantitative estimate of drug-likeness (QED) is 0.870. The third-order valence-electron chi connectivity index (χ3n) is 5.18. The average molecular weight is 344 g/mol. The minimum absolute atomic E-state index is 0.605. The van der Waals surface area contributed by atoms with Gasteiger partial charge in [-0.25, -0.2) is 4.98 Å². The summed E-state index contributed by atoms with van der Waals surface area (Å²) in [6.45, 7) is 6.40. The molecule has 0 aliphatic carbocycles. The standard InChI is InChI=1S/C19H28N4O2/c20-6-4-5-19-21-15-13-17-18(25-12-11-24-17)14-16(15)23(19)10-9-22-7-2-1-3-8-22/h13-14H,1-12,20H2. The van der Waals surface area contributed by atoms with Crippen molar-refractivity contribution >= 4 is 11.0 Å². The summed E-state index contributed by atoms with van der Waals surface area (Å²) in [6, 6.07) is 4.12. The van der Waals surface area contributed by atoms with E-state index in [1.54, 1.807) is 0 Å². The summed E-state index contributed by atoms with van der Waals surface area (Å²) in [7, 11) is 0. The number of piperidine rings is 1. The fourth-order valence-corrected chi connectivity index (χ4v) is 3.84. The molecule has 2 aliphatic heterocycles. The van der Waals surface area contributed by atoms with E-state index in [1.165, 1.54) is 32.4 Å². The molecule has 1 aromatic carbocycles. The van der Waals surface area contributed by atoms with Gasteiger partial charge in [-0.05, 0) is 38.9 Å². The number of ether oxygens (including phenoxy) is 2. The number of nitrogens with zero attached hydrogens (tertiary/aromatic N) is 3. The summed E-state index contributed by atoms with van der Waals surface area (Å²) in [4.78, 5) is 7.44. The van der Waals surface area contributed by atoms with Gasteiger partial charge >= 0.3 is 0 Å². The molecule has 0 amide bonds. The predicted octanol–water partition coefficient (Wildman–Crippen LogP) is 2.18. The van der Waals surface area contributed by atoms with E-state index >= 15 is 0 Å². The van der Waals surface area contributed by atoms with Crippen molar-refractivity contribution in [2.24, 2.45) is 5.73 Å². The van der Waals surface area contributed by atoms with Crippen LogP contribution in [0, 0.1) is 0 Å². The second-order valence-corrected chi connectivity index (χ2v) is 6.96. The van der Waals surface area contributed by atoms with Crippen LogP contribution in [0.3, 0.4) is 0 Å². The Balaban J connectivity index is 1.63. The molecule has 2 aromatic rings. The first-order valence-electron chi connectivity index (χ1n) is 9.56. The normalized spacial score (nSPS) is 18.0. The Morgan fingerprint density at radius 3 is 2.52 bits per heavy atom. The van der Waals surface area contributed by atoms with E-state index < -0.39 is 0 Å². The number of fused-ring (bicyclic) bond motifs is 2. The summed E-state index contributed by atoms with van der Waals surface area (Å²) >= 11 is 0. The van der Waals surface area contributed by atoms with Crippen LogP contribution in [0.1, 0.15) is 31.5 Å². The predicted molar refractivity (Wildman–Crippen MR) is 98.4 cm³/mol. The summed E-state index contributed by atoms with van der Waals surface area (Å²) < 4.78 is 13.8. The Hall–Kier alpha value is -1.79. The molecule has 2 N–H and O–H groups in total. The SMILES string of the molecule is NCCCc1nc2cc3c(cc2n1CCN1CCCCC1)OCCO3. The molecule has 136 valence electrons. The number of hydrogen-bond acceptors (Lipinski definition) is 5. The van der Waals surface area contributed by atoms with Crippen molar-refractivity contribution in [3.05, 3.63) is 18.0 Å². The minimum Gasteiger partial charge on any atom is -0.486 e. The molecule has 4 rings (SSSR count). The van der Waals surface area contributed by atoms with Gasteiger partial charge in [0.2, 0.25) is 0 Å². The smallest absolute Gasteiger partial charge is 0.163 e. The molecule has 0 bridgehead atoms. The first-order chi connectivity index (χ1) is 12.3. The molecule has 6 heteroatoms. The number of rotatable bonds is 6. The van der Waals surface area contributed by atoms with Crippen LogP contribution in [0.5, 0.6) is 11.5 Å². The molecule has 1 aromatic heterocycles. The summed E-state index contributed by atoms with van der Waals surface area (Å²) in [5.74, 6) is 2.77. The van der Waals surface area contributed by atoms with Gasteiger partial charge in [0.1, 0.15) is 19.0 Å². The largest absolute Gasteiger partial charge is 0.486 e. The van der Waals surface area contributed by atoms with E-state index in [9.17, 15) is 0 Å². The zero-order chi connectivity index (χ0) is 17.1. The zero-order valence-electron chi connectivity index (χ0n) is 14.9. The van der Waals surface area contributed by atoms with Crippen LogP contribution in [0.15, 0.2) is 12.1 Å². The third kappa shape index (κ3) is 3.60. The van der Waals surface area contributed by atoms with Crippen LogP contribution < -0.4 is 15.2 Å². The van der Waals surface area contributed by atoms with E-state index in [4.69, 9.17) is 20.2 Å². The molecular weight excluding hydrogens is 316 g/mol. The number of benzene rings is 1. The van der Waals surface area contributed by atoms with Gasteiger partial charge in [0.25, 0.3) is 0 Å². The van der Waals surface area contributed by atoms with Crippen molar-refractivity contribution in [1.29, 1.82) is 0 Å². The molecular formula is C19H28N4O2. The van der Waals surface area contributed by atoms with Gasteiger partial charge < -0.3 is 24.7 Å². The first-order valence-corrected chi connectivity index (χ1v) is 9.56. The summed E-state index contributed by atoms with van der Waals surface area (Å²) in [5, 5.41) is 0. The summed E-state index contributed by atoms with van der Waals surface area (Å²) in [5.41, 5.74) is 7.87. The van der Waals surface area contributed by atoms with Crippen LogP contribution in [0.4, 0.5) is 0 Å². The molecule has 0 spiro atoms. The van der Waals surface area contributed by atoms with Gasteiger partial charge in [0, 0.05) is 31.6 Å². The fourth-order valence-electron chi connectivity index (χ4n) is 3.84. The highest BCUT2D eigenvalue weighted by molar-refractivity contribution is 5.80. The Labute approximate surface area is 148 Å². The second kappa shape index (κ2) is 7.62. The molecule has 0 radical (unpaired) electrons. The molecule has 6 nitrogen and oxygen atoms in total. The van der Waals surface area contributed by atoms with Crippen LogP contribution in [-0.4, -0.2) is 53.8 Å². The van der Waals surface area contributed by atoms with Gasteiger partial charge in [0.05, 0.1) is 11.0 Å². The molecule has 0 unspecified atom stereocenters. The molecule has 1 fully saturated rings. The van der Waals surface area contributed by atoms with E-state index in [0.717, 1.165) is 54.3 Å². The highest BCUT2D eigenvalue weighted by Crippen LogP contribution is 2.35. The van der Waals surface area contributed by atoms with E-state index in [2.05, 4.69) is 15.5 Å². The van der Waals surface area contributed by atoms with E-state index in [-0.39, 0.29) is 0 Å². The van der Waals surface area contributed by atoms with Crippen molar-refractivity contribution in [3.63, 3.8) is 0 Å². The Bertz CT molecular complexity index is 722. The first kappa shape index (κ1) is 16.7. The van der Waals surface area contributed by atoms with Crippen LogP contribution in [0.2, 0.25) is 0 Å². The van der Waals surface area contributed by atoms with Gasteiger partial charge in [-0.15, -0.1) is 0 Å². The molecule has 2 aliphatic rings. The van der Waals surface area contributed by atoms with E-state index in [0.29, 0.717) is 19.8 Å². The molecule has 1 saturated heterocycles. The number of nitrogens with two attached hydrogens (primary N) is 1. The Kier molecular flexibility index (Phi) is 5.08. The lowest BCUT2D eigenvalue weighted by molar-refractivity contribution is 0.172.